The van der Waals surface area contributed by atoms with Crippen molar-refractivity contribution in [1.29, 1.82) is 10.5 Å². The molecule has 1 aromatic carbocycles. The average Bonchev–Trinajstić information content (AvgIpc) is 3.18. The third kappa shape index (κ3) is 3.49. The molecule has 0 aliphatic heterocycles. The Hall–Kier alpha value is -3.88. The van der Waals surface area contributed by atoms with Crippen molar-refractivity contribution < 1.29 is 4.39 Å². The van der Waals surface area contributed by atoms with Crippen LogP contribution in [0.5, 0.6) is 0 Å². The van der Waals surface area contributed by atoms with E-state index in [0.29, 0.717) is 16.0 Å². The molecule has 0 bridgehead atoms. The van der Waals surface area contributed by atoms with Gasteiger partial charge in [-0.25, -0.2) is 13.9 Å². The van der Waals surface area contributed by atoms with Gasteiger partial charge in [0, 0.05) is 40.4 Å². The van der Waals surface area contributed by atoms with Crippen LogP contribution in [-0.4, -0.2) is 21.6 Å². The molecule has 0 saturated heterocycles. The molecule has 0 spiro atoms. The van der Waals surface area contributed by atoms with E-state index in [-0.39, 0.29) is 5.56 Å². The van der Waals surface area contributed by atoms with Crippen LogP contribution in [0.1, 0.15) is 11.1 Å². The molecule has 8 heteroatoms. The summed E-state index contributed by atoms with van der Waals surface area (Å²) < 4.78 is 15.1. The second-order valence-electron chi connectivity index (χ2n) is 6.09. The van der Waals surface area contributed by atoms with Gasteiger partial charge in [0.05, 0.1) is 22.8 Å². The Morgan fingerprint density at radius 2 is 1.83 bits per heavy atom. The van der Waals surface area contributed by atoms with E-state index in [2.05, 4.69) is 21.5 Å². The van der Waals surface area contributed by atoms with E-state index in [1.807, 2.05) is 30.5 Å². The van der Waals surface area contributed by atoms with E-state index in [4.69, 9.17) is 0 Å². The Bertz CT molecular complexity index is 1300. The molecule has 3 heterocycles. The highest BCUT2D eigenvalue weighted by Gasteiger charge is 2.15. The van der Waals surface area contributed by atoms with Gasteiger partial charge >= 0.3 is 0 Å². The zero-order valence-electron chi connectivity index (χ0n) is 15.2. The van der Waals surface area contributed by atoms with Gasteiger partial charge in [-0.2, -0.15) is 15.6 Å². The molecule has 0 unspecified atom stereocenters. The van der Waals surface area contributed by atoms with Gasteiger partial charge < -0.3 is 5.32 Å². The summed E-state index contributed by atoms with van der Waals surface area (Å²) in [5.74, 6) is 0.280. The highest BCUT2D eigenvalue weighted by molar-refractivity contribution is 7.99. The molecule has 3 aromatic heterocycles. The maximum atomic E-state index is 13.5. The Labute approximate surface area is 170 Å². The zero-order chi connectivity index (χ0) is 20.4. The van der Waals surface area contributed by atoms with Crippen molar-refractivity contribution in [2.45, 2.75) is 9.79 Å². The number of benzene rings is 1. The van der Waals surface area contributed by atoms with Gasteiger partial charge in [0.25, 0.3) is 0 Å². The number of fused-ring (bicyclic) bond motifs is 1. The van der Waals surface area contributed by atoms with Gasteiger partial charge in [0.15, 0.2) is 0 Å². The summed E-state index contributed by atoms with van der Waals surface area (Å²) in [6.45, 7) is 0. The second-order valence-corrected chi connectivity index (χ2v) is 7.18. The van der Waals surface area contributed by atoms with Crippen LogP contribution in [0, 0.1) is 28.5 Å². The van der Waals surface area contributed by atoms with Crippen LogP contribution < -0.4 is 5.32 Å². The zero-order valence-corrected chi connectivity index (χ0v) is 16.0. The van der Waals surface area contributed by atoms with Crippen molar-refractivity contribution in [3.05, 3.63) is 71.9 Å². The molecule has 1 N–H and O–H groups in total. The fourth-order valence-electron chi connectivity index (χ4n) is 2.91. The molecule has 0 amide bonds. The molecule has 0 aliphatic rings. The highest BCUT2D eigenvalue weighted by Crippen LogP contribution is 2.37. The van der Waals surface area contributed by atoms with Crippen molar-refractivity contribution in [3.8, 4) is 23.3 Å². The Balaban J connectivity index is 1.88. The van der Waals surface area contributed by atoms with Crippen molar-refractivity contribution in [2.24, 2.45) is 0 Å². The summed E-state index contributed by atoms with van der Waals surface area (Å²) >= 11 is 1.29. The third-order valence-electron chi connectivity index (χ3n) is 4.33. The minimum atomic E-state index is -0.470. The molecule has 4 aromatic rings. The van der Waals surface area contributed by atoms with E-state index in [0.717, 1.165) is 21.8 Å². The number of hydrogen-bond donors (Lipinski definition) is 1. The lowest BCUT2D eigenvalue weighted by molar-refractivity contribution is 0.626. The number of nitrogens with one attached hydrogen (secondary N) is 1. The third-order valence-corrected chi connectivity index (χ3v) is 5.44. The first-order valence-corrected chi connectivity index (χ1v) is 9.37. The number of nitrogens with zero attached hydrogens (tertiary/aromatic N) is 5. The first-order chi connectivity index (χ1) is 14.1. The largest absolute Gasteiger partial charge is 0.373 e. The first kappa shape index (κ1) is 18.5. The maximum absolute atomic E-state index is 13.5. The minimum absolute atomic E-state index is 0.233. The molecule has 0 aliphatic carbocycles. The SMILES string of the molecule is CNc1ccc(-c2cc(Sc3ccc(F)cc3C#N)c3c(C#N)cnn3c2)cn1. The van der Waals surface area contributed by atoms with Crippen molar-refractivity contribution in [1.82, 2.24) is 14.6 Å². The van der Waals surface area contributed by atoms with Gasteiger partial charge in [0.2, 0.25) is 0 Å². The van der Waals surface area contributed by atoms with E-state index in [1.165, 1.54) is 30.1 Å². The topological polar surface area (TPSA) is 89.8 Å². The van der Waals surface area contributed by atoms with Gasteiger partial charge in [-0.15, -0.1) is 0 Å². The number of halogens is 1. The normalized spacial score (nSPS) is 10.5. The Morgan fingerprint density at radius 1 is 1.00 bits per heavy atom. The smallest absolute Gasteiger partial charge is 0.125 e. The monoisotopic (exact) mass is 400 g/mol. The van der Waals surface area contributed by atoms with Crippen molar-refractivity contribution in [3.63, 3.8) is 0 Å². The first-order valence-electron chi connectivity index (χ1n) is 8.56. The second kappa shape index (κ2) is 7.63. The van der Waals surface area contributed by atoms with E-state index in [1.54, 1.807) is 23.8 Å². The van der Waals surface area contributed by atoms with Crippen LogP contribution >= 0.6 is 11.8 Å². The maximum Gasteiger partial charge on any atom is 0.125 e. The Morgan fingerprint density at radius 3 is 2.52 bits per heavy atom. The molecule has 0 atom stereocenters. The van der Waals surface area contributed by atoms with Crippen LogP contribution in [0.25, 0.3) is 16.6 Å². The van der Waals surface area contributed by atoms with Gasteiger partial charge in [-0.05, 0) is 36.4 Å². The number of rotatable bonds is 4. The van der Waals surface area contributed by atoms with E-state index >= 15 is 0 Å². The quantitative estimate of drug-likeness (QED) is 0.544. The molecule has 140 valence electrons. The summed E-state index contributed by atoms with van der Waals surface area (Å²) in [6, 6.07) is 14.0. The average molecular weight is 400 g/mol. The molecular formula is C21H13FN6S. The molecule has 29 heavy (non-hydrogen) atoms. The Kier molecular flexibility index (Phi) is 4.86. The summed E-state index contributed by atoms with van der Waals surface area (Å²) in [5, 5.41) is 26.1. The van der Waals surface area contributed by atoms with Crippen LogP contribution in [0.3, 0.4) is 0 Å². The van der Waals surface area contributed by atoms with Crippen LogP contribution in [0.15, 0.2) is 64.8 Å². The lowest BCUT2D eigenvalue weighted by Crippen LogP contribution is -1.95. The molecule has 4 rings (SSSR count). The predicted molar refractivity (Wildman–Crippen MR) is 108 cm³/mol. The standard InChI is InChI=1S/C21H13FN6S/c1-25-20-5-2-13(10-26-20)15-7-19(21-16(9-24)11-27-28(21)12-15)29-18-4-3-17(22)6-14(18)8-23/h2-7,10-12H,1H3,(H,25,26). The number of pyridine rings is 2. The number of nitriles is 2. The number of aromatic nitrogens is 3. The fourth-order valence-corrected chi connectivity index (χ4v) is 3.98. The van der Waals surface area contributed by atoms with Crippen molar-refractivity contribution in [2.75, 3.05) is 12.4 Å². The molecule has 6 nitrogen and oxygen atoms in total. The van der Waals surface area contributed by atoms with Crippen molar-refractivity contribution >= 4 is 23.1 Å². The van der Waals surface area contributed by atoms with Gasteiger partial charge in [-0.1, -0.05) is 11.8 Å². The fraction of sp³-hybridized carbons (Fsp3) is 0.0476. The molecule has 0 saturated carbocycles. The summed E-state index contributed by atoms with van der Waals surface area (Å²) in [5.41, 5.74) is 3.01. The minimum Gasteiger partial charge on any atom is -0.373 e. The van der Waals surface area contributed by atoms with Gasteiger partial charge in [0.1, 0.15) is 23.8 Å². The molecular weight excluding hydrogens is 387 g/mol. The summed E-state index contributed by atoms with van der Waals surface area (Å²) in [4.78, 5) is 5.67. The van der Waals surface area contributed by atoms with E-state index < -0.39 is 5.82 Å². The lowest BCUT2D eigenvalue weighted by atomic mass is 10.1. The molecule has 0 fully saturated rings. The number of anilines is 1. The van der Waals surface area contributed by atoms with Gasteiger partial charge in [-0.3, -0.25) is 0 Å². The van der Waals surface area contributed by atoms with Crippen LogP contribution in [0.4, 0.5) is 10.2 Å². The predicted octanol–water partition coefficient (Wildman–Crippen LogP) is 4.47. The summed E-state index contributed by atoms with van der Waals surface area (Å²) in [7, 11) is 1.80. The summed E-state index contributed by atoms with van der Waals surface area (Å²) in [6.07, 6.45) is 5.07. The van der Waals surface area contributed by atoms with Crippen LogP contribution in [0.2, 0.25) is 0 Å². The molecule has 0 radical (unpaired) electrons. The van der Waals surface area contributed by atoms with Crippen LogP contribution in [-0.2, 0) is 0 Å². The number of hydrogen-bond acceptors (Lipinski definition) is 6. The highest BCUT2D eigenvalue weighted by atomic mass is 32.2. The van der Waals surface area contributed by atoms with E-state index in [9.17, 15) is 14.9 Å². The lowest BCUT2D eigenvalue weighted by Gasteiger charge is -2.10.